The zero-order chi connectivity index (χ0) is 13.3. The van der Waals surface area contributed by atoms with Crippen LogP contribution in [0, 0.1) is 6.92 Å². The summed E-state index contributed by atoms with van der Waals surface area (Å²) in [6.07, 6.45) is 1.66. The molecule has 0 saturated heterocycles. The lowest BCUT2D eigenvalue weighted by Crippen LogP contribution is -2.18. The molecule has 0 unspecified atom stereocenters. The highest BCUT2D eigenvalue weighted by molar-refractivity contribution is 5.64. The van der Waals surface area contributed by atoms with Gasteiger partial charge in [-0.1, -0.05) is 20.8 Å². The van der Waals surface area contributed by atoms with E-state index in [1.165, 1.54) is 0 Å². The van der Waals surface area contributed by atoms with Gasteiger partial charge in [-0.15, -0.1) is 0 Å². The Morgan fingerprint density at radius 2 is 1.94 bits per heavy atom. The third-order valence-corrected chi connectivity index (χ3v) is 2.81. The smallest absolute Gasteiger partial charge is 0.152 e. The number of nitrogens with one attached hydrogen (secondary N) is 1. The Kier molecular flexibility index (Phi) is 3.11. The van der Waals surface area contributed by atoms with Crippen molar-refractivity contribution in [3.05, 3.63) is 29.8 Å². The maximum absolute atomic E-state index is 5.45. The van der Waals surface area contributed by atoms with E-state index in [0.29, 0.717) is 0 Å². The van der Waals surface area contributed by atoms with Gasteiger partial charge in [0.2, 0.25) is 0 Å². The van der Waals surface area contributed by atoms with Gasteiger partial charge < -0.3 is 9.73 Å². The van der Waals surface area contributed by atoms with Crippen LogP contribution in [-0.2, 0) is 5.41 Å². The average Bonchev–Trinajstić information content (AvgIpc) is 2.81. The van der Waals surface area contributed by atoms with Crippen LogP contribution in [0.4, 0.5) is 5.82 Å². The van der Waals surface area contributed by atoms with E-state index in [-0.39, 0.29) is 5.41 Å². The number of furan rings is 1. The number of aromatic nitrogens is 2. The number of nitrogens with zero attached hydrogens (tertiary/aromatic N) is 2. The average molecular weight is 245 g/mol. The zero-order valence-corrected chi connectivity index (χ0v) is 11.5. The van der Waals surface area contributed by atoms with Gasteiger partial charge in [-0.05, 0) is 19.1 Å². The molecule has 2 aromatic heterocycles. The Morgan fingerprint density at radius 1 is 1.22 bits per heavy atom. The first-order valence-electron chi connectivity index (χ1n) is 6.04. The Labute approximate surface area is 107 Å². The molecule has 2 rings (SSSR count). The van der Waals surface area contributed by atoms with Gasteiger partial charge in [0.1, 0.15) is 17.3 Å². The normalized spacial score (nSPS) is 11.6. The summed E-state index contributed by atoms with van der Waals surface area (Å²) in [4.78, 5) is 9.22. The van der Waals surface area contributed by atoms with Gasteiger partial charge >= 0.3 is 0 Å². The first-order chi connectivity index (χ1) is 8.43. The van der Waals surface area contributed by atoms with Crippen LogP contribution < -0.4 is 5.32 Å². The summed E-state index contributed by atoms with van der Waals surface area (Å²) in [5.41, 5.74) is 1.76. The largest absolute Gasteiger partial charge is 0.463 e. The van der Waals surface area contributed by atoms with Crippen molar-refractivity contribution in [2.45, 2.75) is 33.1 Å². The van der Waals surface area contributed by atoms with E-state index in [1.807, 2.05) is 26.1 Å². The Hall–Kier alpha value is -1.84. The summed E-state index contributed by atoms with van der Waals surface area (Å²) in [6, 6.07) is 3.79. The Balaban J connectivity index is 2.65. The van der Waals surface area contributed by atoms with Crippen molar-refractivity contribution in [3.63, 3.8) is 0 Å². The Bertz CT molecular complexity index is 539. The van der Waals surface area contributed by atoms with Gasteiger partial charge in [-0.3, -0.25) is 0 Å². The predicted octanol–water partition coefficient (Wildman–Crippen LogP) is 3.38. The van der Waals surface area contributed by atoms with E-state index >= 15 is 0 Å². The Morgan fingerprint density at radius 3 is 2.44 bits per heavy atom. The number of rotatable bonds is 2. The molecule has 0 aromatic carbocycles. The molecule has 0 radical (unpaired) electrons. The fraction of sp³-hybridized carbons (Fsp3) is 0.429. The lowest BCUT2D eigenvalue weighted by atomic mass is 9.95. The fourth-order valence-electron chi connectivity index (χ4n) is 1.75. The molecular formula is C14H19N3O. The maximum atomic E-state index is 5.45. The number of hydrogen-bond acceptors (Lipinski definition) is 4. The van der Waals surface area contributed by atoms with Crippen molar-refractivity contribution in [2.24, 2.45) is 0 Å². The highest BCUT2D eigenvalue weighted by Gasteiger charge is 2.22. The molecule has 0 bridgehead atoms. The quantitative estimate of drug-likeness (QED) is 0.881. The van der Waals surface area contributed by atoms with E-state index in [0.717, 1.165) is 28.7 Å². The maximum Gasteiger partial charge on any atom is 0.152 e. The molecule has 18 heavy (non-hydrogen) atoms. The van der Waals surface area contributed by atoms with E-state index < -0.39 is 0 Å². The summed E-state index contributed by atoms with van der Waals surface area (Å²) in [5.74, 6) is 2.43. The monoisotopic (exact) mass is 245 g/mol. The molecule has 96 valence electrons. The van der Waals surface area contributed by atoms with Crippen LogP contribution in [0.1, 0.15) is 32.2 Å². The van der Waals surface area contributed by atoms with Crippen molar-refractivity contribution >= 4 is 5.82 Å². The number of anilines is 1. The van der Waals surface area contributed by atoms with Crippen LogP contribution >= 0.6 is 0 Å². The van der Waals surface area contributed by atoms with Crippen LogP contribution in [0.25, 0.3) is 11.5 Å². The summed E-state index contributed by atoms with van der Waals surface area (Å²) < 4.78 is 5.45. The summed E-state index contributed by atoms with van der Waals surface area (Å²) in [6.45, 7) is 8.30. The molecule has 0 saturated carbocycles. The van der Waals surface area contributed by atoms with E-state index in [9.17, 15) is 0 Å². The molecule has 0 spiro atoms. The second-order valence-corrected chi connectivity index (χ2v) is 5.35. The van der Waals surface area contributed by atoms with Gasteiger partial charge in [-0.2, -0.15) is 0 Å². The van der Waals surface area contributed by atoms with Crippen molar-refractivity contribution in [2.75, 3.05) is 12.4 Å². The minimum atomic E-state index is -0.0966. The molecule has 0 fully saturated rings. The topological polar surface area (TPSA) is 51.0 Å². The molecule has 0 aliphatic carbocycles. The molecule has 0 atom stereocenters. The highest BCUT2D eigenvalue weighted by Crippen LogP contribution is 2.29. The summed E-state index contributed by atoms with van der Waals surface area (Å²) in [7, 11) is 1.87. The highest BCUT2D eigenvalue weighted by atomic mass is 16.3. The van der Waals surface area contributed by atoms with Crippen LogP contribution in [0.5, 0.6) is 0 Å². The third-order valence-electron chi connectivity index (χ3n) is 2.81. The molecule has 4 nitrogen and oxygen atoms in total. The van der Waals surface area contributed by atoms with Crippen molar-refractivity contribution in [1.29, 1.82) is 0 Å². The SMILES string of the molecule is CNc1nc(C(C)(C)C)nc(-c2ccco2)c1C. The van der Waals surface area contributed by atoms with E-state index in [4.69, 9.17) is 4.42 Å². The van der Waals surface area contributed by atoms with Gasteiger partial charge in [0, 0.05) is 18.0 Å². The zero-order valence-electron chi connectivity index (χ0n) is 11.5. The van der Waals surface area contributed by atoms with Crippen LogP contribution in [0.15, 0.2) is 22.8 Å². The minimum Gasteiger partial charge on any atom is -0.463 e. The van der Waals surface area contributed by atoms with Crippen LogP contribution in [-0.4, -0.2) is 17.0 Å². The second-order valence-electron chi connectivity index (χ2n) is 5.35. The predicted molar refractivity (Wildman–Crippen MR) is 72.7 cm³/mol. The fourth-order valence-corrected chi connectivity index (χ4v) is 1.75. The lowest BCUT2D eigenvalue weighted by Gasteiger charge is -2.19. The van der Waals surface area contributed by atoms with Crippen LogP contribution in [0.2, 0.25) is 0 Å². The van der Waals surface area contributed by atoms with Gasteiger partial charge in [0.25, 0.3) is 0 Å². The van der Waals surface area contributed by atoms with E-state index in [2.05, 4.69) is 36.1 Å². The summed E-state index contributed by atoms with van der Waals surface area (Å²) in [5, 5.41) is 3.12. The van der Waals surface area contributed by atoms with Crippen LogP contribution in [0.3, 0.4) is 0 Å². The van der Waals surface area contributed by atoms with Crippen molar-refractivity contribution in [3.8, 4) is 11.5 Å². The van der Waals surface area contributed by atoms with Gasteiger partial charge in [-0.25, -0.2) is 9.97 Å². The summed E-state index contributed by atoms with van der Waals surface area (Å²) >= 11 is 0. The number of hydrogen-bond donors (Lipinski definition) is 1. The molecule has 0 aliphatic heterocycles. The van der Waals surface area contributed by atoms with Crippen molar-refractivity contribution < 1.29 is 4.42 Å². The molecule has 2 heterocycles. The lowest BCUT2D eigenvalue weighted by molar-refractivity contribution is 0.541. The molecule has 1 N–H and O–H groups in total. The molecular weight excluding hydrogens is 226 g/mol. The third kappa shape index (κ3) is 2.23. The standard InChI is InChI=1S/C14H19N3O/c1-9-11(10-7-6-8-18-10)16-13(14(2,3)4)17-12(9)15-5/h6-8H,1-5H3,(H,15,16,17). The van der Waals surface area contributed by atoms with Gasteiger partial charge in [0.15, 0.2) is 5.76 Å². The minimum absolute atomic E-state index is 0.0966. The molecule has 0 amide bonds. The van der Waals surface area contributed by atoms with E-state index in [1.54, 1.807) is 6.26 Å². The van der Waals surface area contributed by atoms with Crippen molar-refractivity contribution in [1.82, 2.24) is 9.97 Å². The first kappa shape index (κ1) is 12.6. The molecule has 4 heteroatoms. The van der Waals surface area contributed by atoms with Gasteiger partial charge in [0.05, 0.1) is 6.26 Å². The second kappa shape index (κ2) is 4.44. The molecule has 2 aromatic rings. The molecule has 0 aliphatic rings. The first-order valence-corrected chi connectivity index (χ1v) is 6.04.